The predicted octanol–water partition coefficient (Wildman–Crippen LogP) is 6.01. The molecule has 0 amide bonds. The van der Waals surface area contributed by atoms with Gasteiger partial charge in [-0.15, -0.1) is 0 Å². The Bertz CT molecular complexity index is 924. The molecule has 0 aliphatic rings. The van der Waals surface area contributed by atoms with Gasteiger partial charge in [-0.25, -0.2) is 4.98 Å². The molecule has 0 saturated carbocycles. The minimum absolute atomic E-state index is 0.0259. The second-order valence-electron chi connectivity index (χ2n) is 5.39. The number of nitro groups is 1. The zero-order valence-corrected chi connectivity index (χ0v) is 16.1. The first-order valence-electron chi connectivity index (χ1n) is 7.44. The summed E-state index contributed by atoms with van der Waals surface area (Å²) in [6.45, 7) is -1.85. The fraction of sp³-hybridized carbons (Fsp3) is 0.267. The van der Waals surface area contributed by atoms with Crippen molar-refractivity contribution in [1.82, 2.24) is 4.98 Å². The molecule has 0 spiro atoms. The van der Waals surface area contributed by atoms with Crippen molar-refractivity contribution in [1.29, 1.82) is 0 Å². The van der Waals surface area contributed by atoms with Crippen molar-refractivity contribution in [2.75, 3.05) is 6.16 Å². The highest BCUT2D eigenvalue weighted by Crippen LogP contribution is 2.53. The molecule has 1 heterocycles. The number of nitro benzene ring substituents is 1. The van der Waals surface area contributed by atoms with Crippen LogP contribution in [0.15, 0.2) is 30.5 Å². The lowest BCUT2D eigenvalue weighted by Gasteiger charge is -2.13. The molecule has 1 unspecified atom stereocenters. The molecular formula is C15H12Cl2F3N2O4P. The molecular weight excluding hydrogens is 431 g/mol. The third-order valence-electron chi connectivity index (χ3n) is 3.36. The largest absolute Gasteiger partial charge is 0.438 e. The van der Waals surface area contributed by atoms with Crippen molar-refractivity contribution in [2.24, 2.45) is 0 Å². The van der Waals surface area contributed by atoms with Crippen molar-refractivity contribution in [3.05, 3.63) is 51.2 Å². The molecule has 1 aromatic carbocycles. The van der Waals surface area contributed by atoms with Crippen LogP contribution in [0, 0.1) is 10.1 Å². The average Bonchev–Trinajstić information content (AvgIpc) is 2.55. The Morgan fingerprint density at radius 1 is 1.33 bits per heavy atom. The van der Waals surface area contributed by atoms with E-state index in [1.807, 2.05) is 0 Å². The van der Waals surface area contributed by atoms with Crippen LogP contribution < -0.4 is 10.0 Å². The highest BCUT2D eigenvalue weighted by molar-refractivity contribution is 7.95. The second-order valence-corrected chi connectivity index (χ2v) is 9.67. The highest BCUT2D eigenvalue weighted by Gasteiger charge is 2.32. The zero-order valence-electron chi connectivity index (χ0n) is 13.7. The summed E-state index contributed by atoms with van der Waals surface area (Å²) < 4.78 is 55.9. The second kappa shape index (κ2) is 8.04. The number of alkyl halides is 3. The Labute approximate surface area is 161 Å². The maximum Gasteiger partial charge on any atom is 0.417 e. The summed E-state index contributed by atoms with van der Waals surface area (Å²) in [5.41, 5.74) is -1.50. The summed E-state index contributed by atoms with van der Waals surface area (Å²) in [6.07, 6.45) is -3.63. The summed E-state index contributed by atoms with van der Waals surface area (Å²) in [7, 11) is 0. The molecule has 0 saturated heterocycles. The number of aromatic nitrogens is 1. The third kappa shape index (κ3) is 5.12. The van der Waals surface area contributed by atoms with Gasteiger partial charge in [0.15, 0.2) is 0 Å². The maximum atomic E-state index is 12.7. The van der Waals surface area contributed by atoms with Gasteiger partial charge in [0.25, 0.3) is 5.69 Å². The van der Waals surface area contributed by atoms with Crippen molar-refractivity contribution >= 4 is 40.3 Å². The van der Waals surface area contributed by atoms with Gasteiger partial charge in [0.2, 0.25) is 12.4 Å². The van der Waals surface area contributed by atoms with Crippen LogP contribution in [0.5, 0.6) is 11.6 Å². The Hall–Kier alpha value is -1.83. The highest BCUT2D eigenvalue weighted by atomic mass is 35.7. The first-order chi connectivity index (χ1) is 12.5. The van der Waals surface area contributed by atoms with E-state index in [0.29, 0.717) is 18.7 Å². The molecule has 146 valence electrons. The van der Waals surface area contributed by atoms with E-state index in [9.17, 15) is 27.9 Å². The molecule has 0 fully saturated rings. The smallest absolute Gasteiger partial charge is 0.417 e. The topological polar surface area (TPSA) is 82.3 Å². The Kier molecular flexibility index (Phi) is 6.39. The number of ether oxygens (including phenoxy) is 1. The quantitative estimate of drug-likeness (QED) is 0.311. The zero-order chi connectivity index (χ0) is 20.4. The van der Waals surface area contributed by atoms with Crippen molar-refractivity contribution in [3.8, 4) is 11.6 Å². The van der Waals surface area contributed by atoms with E-state index in [-0.39, 0.29) is 23.1 Å². The number of rotatable bonds is 6. The molecule has 1 aromatic heterocycles. The van der Waals surface area contributed by atoms with Gasteiger partial charge in [0, 0.05) is 18.4 Å². The van der Waals surface area contributed by atoms with Gasteiger partial charge in [-0.1, -0.05) is 18.5 Å². The number of benzene rings is 1. The standard InChI is InChI=1S/C15H12Cl2F3N2O4P/c1-2-5-27(17,25)13-7-10(3-4-12(13)22(23)24)26-14-11(16)6-9(8-21-14)15(18,19)20/h3-4,6-8H,2,5H2,1H3. The predicted molar refractivity (Wildman–Crippen MR) is 95.7 cm³/mol. The van der Waals surface area contributed by atoms with Crippen LogP contribution in [0.3, 0.4) is 0 Å². The number of nitrogens with zero attached hydrogens (tertiary/aromatic N) is 2. The average molecular weight is 443 g/mol. The van der Waals surface area contributed by atoms with E-state index >= 15 is 0 Å². The first-order valence-corrected chi connectivity index (χ1v) is 10.6. The summed E-state index contributed by atoms with van der Waals surface area (Å²) in [5, 5.41) is 10.6. The Morgan fingerprint density at radius 2 is 2.00 bits per heavy atom. The molecule has 2 rings (SSSR count). The number of hydrogen-bond acceptors (Lipinski definition) is 5. The number of hydrogen-bond donors (Lipinski definition) is 0. The summed E-state index contributed by atoms with van der Waals surface area (Å²) >= 11 is 11.8. The molecule has 27 heavy (non-hydrogen) atoms. The maximum absolute atomic E-state index is 12.7. The van der Waals surface area contributed by atoms with E-state index in [1.165, 1.54) is 6.07 Å². The minimum atomic E-state index is -4.62. The summed E-state index contributed by atoms with van der Waals surface area (Å²) in [6, 6.07) is 3.98. The van der Waals surface area contributed by atoms with E-state index in [1.54, 1.807) is 6.92 Å². The summed E-state index contributed by atoms with van der Waals surface area (Å²) in [5.74, 6) is -0.397. The lowest BCUT2D eigenvalue weighted by atomic mass is 10.3. The van der Waals surface area contributed by atoms with Gasteiger partial charge in [-0.05, 0) is 35.9 Å². The number of pyridine rings is 1. The van der Waals surface area contributed by atoms with Crippen LogP contribution in [-0.4, -0.2) is 16.1 Å². The first kappa shape index (κ1) is 21.5. The van der Waals surface area contributed by atoms with Gasteiger partial charge in [-0.2, -0.15) is 13.2 Å². The van der Waals surface area contributed by atoms with E-state index < -0.39 is 33.9 Å². The monoisotopic (exact) mass is 442 g/mol. The lowest BCUT2D eigenvalue weighted by Crippen LogP contribution is -2.10. The van der Waals surface area contributed by atoms with Crippen LogP contribution in [-0.2, 0) is 10.7 Å². The fourth-order valence-electron chi connectivity index (χ4n) is 2.16. The van der Waals surface area contributed by atoms with Crippen LogP contribution >= 0.6 is 29.3 Å². The summed E-state index contributed by atoms with van der Waals surface area (Å²) in [4.78, 5) is 14.0. The molecule has 12 heteroatoms. The van der Waals surface area contributed by atoms with Crippen LogP contribution in [0.1, 0.15) is 18.9 Å². The normalized spacial score (nSPS) is 13.9. The van der Waals surface area contributed by atoms with Gasteiger partial charge < -0.3 is 9.30 Å². The van der Waals surface area contributed by atoms with Crippen molar-refractivity contribution in [3.63, 3.8) is 0 Å². The van der Waals surface area contributed by atoms with Crippen molar-refractivity contribution in [2.45, 2.75) is 19.5 Å². The number of halogens is 5. The van der Waals surface area contributed by atoms with Crippen molar-refractivity contribution < 1.29 is 27.4 Å². The van der Waals surface area contributed by atoms with Gasteiger partial charge in [0.05, 0.1) is 10.5 Å². The molecule has 0 N–H and O–H groups in total. The molecule has 2 aromatic rings. The lowest BCUT2D eigenvalue weighted by molar-refractivity contribution is -0.383. The van der Waals surface area contributed by atoms with Crippen LogP contribution in [0.4, 0.5) is 18.9 Å². The van der Waals surface area contributed by atoms with Gasteiger partial charge in [-0.3, -0.25) is 10.1 Å². The fourth-order valence-corrected chi connectivity index (χ4v) is 4.92. The molecule has 0 aliphatic carbocycles. The van der Waals surface area contributed by atoms with Gasteiger partial charge >= 0.3 is 6.18 Å². The van der Waals surface area contributed by atoms with E-state index in [0.717, 1.165) is 12.1 Å². The van der Waals surface area contributed by atoms with Gasteiger partial charge in [0.1, 0.15) is 16.1 Å². The molecule has 0 aliphatic heterocycles. The van der Waals surface area contributed by atoms with E-state index in [2.05, 4.69) is 4.98 Å². The molecule has 0 bridgehead atoms. The molecule has 0 radical (unpaired) electrons. The van der Waals surface area contributed by atoms with E-state index in [4.69, 9.17) is 27.6 Å². The van der Waals surface area contributed by atoms with Crippen LogP contribution in [0.2, 0.25) is 5.02 Å². The Balaban J connectivity index is 2.43. The van der Waals surface area contributed by atoms with Crippen LogP contribution in [0.25, 0.3) is 0 Å². The minimum Gasteiger partial charge on any atom is -0.438 e. The third-order valence-corrected chi connectivity index (χ3v) is 6.79. The molecule has 6 nitrogen and oxygen atoms in total. The molecule has 1 atom stereocenters. The Morgan fingerprint density at radius 3 is 2.52 bits per heavy atom. The SMILES string of the molecule is CCCP(=O)(Cl)c1cc(Oc2ncc(C(F)(F)F)cc2Cl)ccc1[N+](=O)[O-].